The van der Waals surface area contributed by atoms with Gasteiger partial charge in [0.15, 0.2) is 11.5 Å². The molecule has 1 aliphatic carbocycles. The molecule has 1 N–H and O–H groups in total. The van der Waals surface area contributed by atoms with Crippen molar-refractivity contribution in [1.82, 2.24) is 5.32 Å². The minimum atomic E-state index is -0.0817. The number of ether oxygens (including phenoxy) is 4. The molecule has 1 saturated carbocycles. The van der Waals surface area contributed by atoms with Crippen LogP contribution in [0.15, 0.2) is 36.4 Å². The van der Waals surface area contributed by atoms with Gasteiger partial charge in [-0.2, -0.15) is 0 Å². The smallest absolute Gasteiger partial charge is 0.230 e. The van der Waals surface area contributed by atoms with Crippen LogP contribution in [0.25, 0.3) is 0 Å². The highest BCUT2D eigenvalue weighted by atomic mass is 32.2. The summed E-state index contributed by atoms with van der Waals surface area (Å²) in [6, 6.07) is 12.0. The van der Waals surface area contributed by atoms with Gasteiger partial charge in [0, 0.05) is 23.8 Å². The molecule has 0 radical (unpaired) electrons. The number of thioether (sulfide) groups is 1. The van der Waals surface area contributed by atoms with Crippen molar-refractivity contribution >= 4 is 17.7 Å². The molecule has 0 bridgehead atoms. The SMILES string of the molecule is CCOc1ccc2c(c1)C(SCC(=O)NCCc1ccc(OC)c(OC)c1)CC1(CCCC1)O2. The van der Waals surface area contributed by atoms with Crippen LogP contribution in [-0.2, 0) is 11.2 Å². The number of hydrogen-bond donors (Lipinski definition) is 1. The van der Waals surface area contributed by atoms with Crippen LogP contribution in [0.2, 0.25) is 0 Å². The molecule has 7 heteroatoms. The van der Waals surface area contributed by atoms with Crippen molar-refractivity contribution in [3.8, 4) is 23.0 Å². The Morgan fingerprint density at radius 2 is 1.91 bits per heavy atom. The zero-order valence-corrected chi connectivity index (χ0v) is 21.2. The molecule has 1 heterocycles. The monoisotopic (exact) mass is 485 g/mol. The van der Waals surface area contributed by atoms with Gasteiger partial charge in [-0.15, -0.1) is 11.8 Å². The van der Waals surface area contributed by atoms with E-state index in [-0.39, 0.29) is 16.8 Å². The first-order valence-corrected chi connectivity index (χ1v) is 13.2. The van der Waals surface area contributed by atoms with E-state index in [0.29, 0.717) is 30.4 Å². The lowest BCUT2D eigenvalue weighted by molar-refractivity contribution is -0.118. The molecule has 2 aromatic rings. The van der Waals surface area contributed by atoms with E-state index in [1.807, 2.05) is 37.3 Å². The van der Waals surface area contributed by atoms with Gasteiger partial charge in [-0.25, -0.2) is 0 Å². The van der Waals surface area contributed by atoms with E-state index in [0.717, 1.165) is 48.3 Å². The molecule has 0 aromatic heterocycles. The van der Waals surface area contributed by atoms with Gasteiger partial charge in [-0.1, -0.05) is 6.07 Å². The van der Waals surface area contributed by atoms with E-state index < -0.39 is 0 Å². The second kappa shape index (κ2) is 11.3. The summed E-state index contributed by atoms with van der Waals surface area (Å²) in [7, 11) is 3.25. The number of nitrogens with one attached hydrogen (secondary N) is 1. The van der Waals surface area contributed by atoms with Crippen LogP contribution in [-0.4, -0.2) is 44.6 Å². The fourth-order valence-electron chi connectivity index (χ4n) is 4.93. The highest BCUT2D eigenvalue weighted by molar-refractivity contribution is 8.00. The van der Waals surface area contributed by atoms with Crippen molar-refractivity contribution < 1.29 is 23.7 Å². The number of benzene rings is 2. The van der Waals surface area contributed by atoms with Gasteiger partial charge >= 0.3 is 0 Å². The Balaban J connectivity index is 1.34. The first-order chi connectivity index (χ1) is 16.6. The molecule has 6 nitrogen and oxygen atoms in total. The van der Waals surface area contributed by atoms with E-state index in [1.165, 1.54) is 12.8 Å². The van der Waals surface area contributed by atoms with E-state index in [9.17, 15) is 4.79 Å². The second-order valence-corrected chi connectivity index (χ2v) is 10.1. The minimum absolute atomic E-state index is 0.0555. The summed E-state index contributed by atoms with van der Waals surface area (Å²) in [6.45, 7) is 3.20. The zero-order chi connectivity index (χ0) is 24.0. The van der Waals surface area contributed by atoms with Crippen molar-refractivity contribution in [2.45, 2.75) is 56.3 Å². The largest absolute Gasteiger partial charge is 0.494 e. The number of carbonyl (C=O) groups is 1. The zero-order valence-electron chi connectivity index (χ0n) is 20.4. The third-order valence-electron chi connectivity index (χ3n) is 6.64. The van der Waals surface area contributed by atoms with Crippen LogP contribution in [0, 0.1) is 0 Å². The van der Waals surface area contributed by atoms with Crippen molar-refractivity contribution in [3.05, 3.63) is 47.5 Å². The van der Waals surface area contributed by atoms with Crippen LogP contribution >= 0.6 is 11.8 Å². The molecule has 1 spiro atoms. The van der Waals surface area contributed by atoms with E-state index in [2.05, 4.69) is 11.4 Å². The molecule has 1 atom stereocenters. The third kappa shape index (κ3) is 5.74. The molecule has 184 valence electrons. The Hall–Kier alpha value is -2.54. The number of fused-ring (bicyclic) bond motifs is 1. The Morgan fingerprint density at radius 3 is 2.65 bits per heavy atom. The fraction of sp³-hybridized carbons (Fsp3) is 0.519. The maximum absolute atomic E-state index is 12.7. The van der Waals surface area contributed by atoms with E-state index >= 15 is 0 Å². The van der Waals surface area contributed by atoms with Gasteiger partial charge in [-0.3, -0.25) is 4.79 Å². The Labute approximate surface area is 206 Å². The summed E-state index contributed by atoms with van der Waals surface area (Å²) in [4.78, 5) is 12.7. The van der Waals surface area contributed by atoms with Crippen LogP contribution < -0.4 is 24.3 Å². The first kappa shape index (κ1) is 24.6. The minimum Gasteiger partial charge on any atom is -0.494 e. The van der Waals surface area contributed by atoms with Crippen molar-refractivity contribution in [2.24, 2.45) is 0 Å². The number of methoxy groups -OCH3 is 2. The van der Waals surface area contributed by atoms with E-state index in [1.54, 1.807) is 26.0 Å². The molecule has 2 aromatic carbocycles. The Kier molecular flexibility index (Phi) is 8.14. The highest BCUT2D eigenvalue weighted by Crippen LogP contribution is 2.52. The average molecular weight is 486 g/mol. The van der Waals surface area contributed by atoms with Crippen LogP contribution in [0.3, 0.4) is 0 Å². The molecule has 1 unspecified atom stereocenters. The molecule has 1 aliphatic heterocycles. The van der Waals surface area contributed by atoms with Gasteiger partial charge in [0.1, 0.15) is 17.1 Å². The van der Waals surface area contributed by atoms with Gasteiger partial charge in [0.25, 0.3) is 0 Å². The lowest BCUT2D eigenvalue weighted by Crippen LogP contribution is -2.38. The van der Waals surface area contributed by atoms with Gasteiger partial charge in [0.2, 0.25) is 5.91 Å². The molecule has 0 saturated heterocycles. The predicted molar refractivity (Wildman–Crippen MR) is 136 cm³/mol. The number of hydrogen-bond acceptors (Lipinski definition) is 6. The van der Waals surface area contributed by atoms with Crippen LogP contribution in [0.1, 0.15) is 55.4 Å². The first-order valence-electron chi connectivity index (χ1n) is 12.1. The summed E-state index contributed by atoms with van der Waals surface area (Å²) in [5, 5.41) is 3.29. The maximum atomic E-state index is 12.7. The molecular formula is C27H35NO5S. The Morgan fingerprint density at radius 1 is 1.12 bits per heavy atom. The lowest BCUT2D eigenvalue weighted by Gasteiger charge is -2.40. The fourth-order valence-corrected chi connectivity index (χ4v) is 6.17. The van der Waals surface area contributed by atoms with Gasteiger partial charge < -0.3 is 24.3 Å². The van der Waals surface area contributed by atoms with Crippen LogP contribution in [0.5, 0.6) is 23.0 Å². The number of rotatable bonds is 10. The Bertz CT molecular complexity index is 989. The average Bonchev–Trinajstić information content (AvgIpc) is 3.30. The van der Waals surface area contributed by atoms with Gasteiger partial charge in [-0.05, 0) is 74.9 Å². The standard InChI is InChI=1S/C27H35NO5S/c1-4-32-20-8-10-22-21(16-20)25(17-27(33-22)12-5-6-13-27)34-18-26(29)28-14-11-19-7-9-23(30-2)24(15-19)31-3/h7-10,15-16,25H,4-6,11-14,17-18H2,1-3H3,(H,28,29). The normalized spacial score (nSPS) is 18.1. The molecule has 1 amide bonds. The molecule has 4 rings (SSSR count). The second-order valence-electron chi connectivity index (χ2n) is 8.92. The predicted octanol–water partition coefficient (Wildman–Crippen LogP) is 5.33. The van der Waals surface area contributed by atoms with Crippen molar-refractivity contribution in [2.75, 3.05) is 33.1 Å². The van der Waals surface area contributed by atoms with Crippen LogP contribution in [0.4, 0.5) is 0 Å². The lowest BCUT2D eigenvalue weighted by atomic mass is 9.89. The summed E-state index contributed by atoms with van der Waals surface area (Å²) in [5.41, 5.74) is 2.16. The highest BCUT2D eigenvalue weighted by Gasteiger charge is 2.43. The molecular weight excluding hydrogens is 450 g/mol. The third-order valence-corrected chi connectivity index (χ3v) is 7.89. The topological polar surface area (TPSA) is 66.0 Å². The summed E-state index contributed by atoms with van der Waals surface area (Å²) in [6.07, 6.45) is 6.28. The van der Waals surface area contributed by atoms with E-state index in [4.69, 9.17) is 18.9 Å². The summed E-state index contributed by atoms with van der Waals surface area (Å²) < 4.78 is 22.9. The van der Waals surface area contributed by atoms with Gasteiger partial charge in [0.05, 0.1) is 26.6 Å². The van der Waals surface area contributed by atoms with Crippen molar-refractivity contribution in [3.63, 3.8) is 0 Å². The molecule has 2 aliphatic rings. The van der Waals surface area contributed by atoms with Crippen molar-refractivity contribution in [1.29, 1.82) is 0 Å². The molecule has 34 heavy (non-hydrogen) atoms. The number of carbonyl (C=O) groups excluding carboxylic acids is 1. The maximum Gasteiger partial charge on any atom is 0.230 e. The molecule has 1 fully saturated rings. The summed E-state index contributed by atoms with van der Waals surface area (Å²) >= 11 is 1.71. The number of amides is 1. The summed E-state index contributed by atoms with van der Waals surface area (Å²) in [5.74, 6) is 3.69. The quantitative estimate of drug-likeness (QED) is 0.491.